The Morgan fingerprint density at radius 3 is 2.62 bits per heavy atom. The summed E-state index contributed by atoms with van der Waals surface area (Å²) in [5, 5.41) is 10.9. The first-order valence-corrected chi connectivity index (χ1v) is 5.89. The van der Waals surface area contributed by atoms with Gasteiger partial charge in [-0.1, -0.05) is 6.42 Å². The van der Waals surface area contributed by atoms with Crippen LogP contribution < -0.4 is 0 Å². The second-order valence-corrected chi connectivity index (χ2v) is 4.84. The van der Waals surface area contributed by atoms with E-state index in [9.17, 15) is 14.7 Å². The fourth-order valence-electron chi connectivity index (χ4n) is 1.91. The van der Waals surface area contributed by atoms with Gasteiger partial charge in [-0.2, -0.15) is 0 Å². The second-order valence-electron chi connectivity index (χ2n) is 3.93. The Bertz CT molecular complexity index is 431. The Morgan fingerprint density at radius 1 is 1.50 bits per heavy atom. The van der Waals surface area contributed by atoms with E-state index in [1.54, 1.807) is 11.4 Å². The first kappa shape index (κ1) is 11.1. The minimum absolute atomic E-state index is 0.414. The molecule has 0 aromatic carbocycles. The van der Waals surface area contributed by atoms with Gasteiger partial charge in [-0.25, -0.2) is 4.79 Å². The van der Waals surface area contributed by atoms with E-state index in [1.807, 2.05) is 0 Å². The minimum Gasteiger partial charge on any atom is -0.481 e. The molecule has 2 rings (SSSR count). The number of ether oxygens (including phenoxy) is 1. The number of carbonyl (C=O) groups is 2. The topological polar surface area (TPSA) is 63.6 Å². The molecule has 1 aromatic heterocycles. The quantitative estimate of drug-likeness (QED) is 0.821. The first-order valence-electron chi connectivity index (χ1n) is 5.01. The highest BCUT2D eigenvalue weighted by Crippen LogP contribution is 2.46. The van der Waals surface area contributed by atoms with Gasteiger partial charge in [0.1, 0.15) is 5.41 Å². The van der Waals surface area contributed by atoms with Crippen molar-refractivity contribution in [2.75, 3.05) is 7.11 Å². The molecule has 0 saturated heterocycles. The average Bonchev–Trinajstić information content (AvgIpc) is 2.63. The van der Waals surface area contributed by atoms with Crippen molar-refractivity contribution in [3.63, 3.8) is 0 Å². The number of rotatable bonds is 3. The molecule has 1 aliphatic carbocycles. The molecule has 0 amide bonds. The summed E-state index contributed by atoms with van der Waals surface area (Å²) in [6.07, 6.45) is 2.24. The van der Waals surface area contributed by atoms with Crippen LogP contribution in [0.25, 0.3) is 0 Å². The molecule has 1 fully saturated rings. The number of carbonyl (C=O) groups excluding carboxylic acids is 1. The van der Waals surface area contributed by atoms with Crippen LogP contribution in [0.4, 0.5) is 0 Å². The molecule has 86 valence electrons. The molecular weight excluding hydrogens is 228 g/mol. The van der Waals surface area contributed by atoms with Crippen molar-refractivity contribution in [1.82, 2.24) is 0 Å². The molecule has 0 atom stereocenters. The van der Waals surface area contributed by atoms with Crippen molar-refractivity contribution >= 4 is 23.3 Å². The maximum atomic E-state index is 11.3. The third kappa shape index (κ3) is 1.51. The highest BCUT2D eigenvalue weighted by molar-refractivity contribution is 7.10. The van der Waals surface area contributed by atoms with Gasteiger partial charge in [0.05, 0.1) is 12.7 Å². The highest BCUT2D eigenvalue weighted by Gasteiger charge is 2.47. The molecule has 16 heavy (non-hydrogen) atoms. The van der Waals surface area contributed by atoms with Crippen molar-refractivity contribution in [3.05, 3.63) is 21.9 Å². The number of carboxylic acid groups (broad SMARTS) is 1. The average molecular weight is 240 g/mol. The van der Waals surface area contributed by atoms with Crippen LogP contribution in [0.3, 0.4) is 0 Å². The second kappa shape index (κ2) is 3.90. The van der Waals surface area contributed by atoms with Gasteiger partial charge in [-0.3, -0.25) is 4.79 Å². The Hall–Kier alpha value is -1.36. The van der Waals surface area contributed by atoms with Crippen molar-refractivity contribution in [2.24, 2.45) is 0 Å². The van der Waals surface area contributed by atoms with E-state index in [0.717, 1.165) is 11.3 Å². The first-order chi connectivity index (χ1) is 7.60. The van der Waals surface area contributed by atoms with E-state index in [2.05, 4.69) is 4.74 Å². The van der Waals surface area contributed by atoms with Crippen molar-refractivity contribution in [2.45, 2.75) is 24.7 Å². The van der Waals surface area contributed by atoms with Gasteiger partial charge in [0.15, 0.2) is 0 Å². The Kier molecular flexibility index (Phi) is 2.71. The van der Waals surface area contributed by atoms with Gasteiger partial charge in [0.25, 0.3) is 0 Å². The van der Waals surface area contributed by atoms with Crippen molar-refractivity contribution in [1.29, 1.82) is 0 Å². The number of thiophene rings is 1. The van der Waals surface area contributed by atoms with E-state index in [4.69, 9.17) is 0 Å². The number of carboxylic acids is 1. The predicted octanol–water partition coefficient (Wildman–Crippen LogP) is 2.04. The molecule has 0 spiro atoms. The molecule has 0 unspecified atom stereocenters. The molecule has 1 N–H and O–H groups in total. The van der Waals surface area contributed by atoms with Crippen LogP contribution in [0.2, 0.25) is 0 Å². The van der Waals surface area contributed by atoms with Gasteiger partial charge in [-0.05, 0) is 18.9 Å². The van der Waals surface area contributed by atoms with E-state index in [0.29, 0.717) is 18.4 Å². The molecule has 0 bridgehead atoms. The number of hydrogen-bond acceptors (Lipinski definition) is 4. The normalized spacial score (nSPS) is 17.6. The van der Waals surface area contributed by atoms with Crippen LogP contribution in [-0.4, -0.2) is 24.2 Å². The number of aliphatic carboxylic acids is 1. The summed E-state index contributed by atoms with van der Waals surface area (Å²) < 4.78 is 4.59. The van der Waals surface area contributed by atoms with Crippen LogP contribution in [0, 0.1) is 0 Å². The maximum absolute atomic E-state index is 11.3. The van der Waals surface area contributed by atoms with Crippen LogP contribution in [0.15, 0.2) is 11.4 Å². The summed E-state index contributed by atoms with van der Waals surface area (Å²) in [5.41, 5.74) is -0.313. The number of esters is 1. The van der Waals surface area contributed by atoms with Gasteiger partial charge < -0.3 is 9.84 Å². The summed E-state index contributed by atoms with van der Waals surface area (Å²) in [6.45, 7) is 0. The predicted molar refractivity (Wildman–Crippen MR) is 58.8 cm³/mol. The van der Waals surface area contributed by atoms with Crippen molar-refractivity contribution < 1.29 is 19.4 Å². The minimum atomic E-state index is -0.794. The summed E-state index contributed by atoms with van der Waals surface area (Å²) in [4.78, 5) is 23.3. The number of hydrogen-bond donors (Lipinski definition) is 1. The fourth-order valence-corrected chi connectivity index (χ4v) is 3.04. The molecule has 0 radical (unpaired) electrons. The van der Waals surface area contributed by atoms with E-state index >= 15 is 0 Å². The fraction of sp³-hybridized carbons (Fsp3) is 0.455. The highest BCUT2D eigenvalue weighted by atomic mass is 32.1. The summed E-state index contributed by atoms with van der Waals surface area (Å²) in [7, 11) is 1.32. The molecule has 0 aliphatic heterocycles. The zero-order valence-corrected chi connectivity index (χ0v) is 9.67. The zero-order valence-electron chi connectivity index (χ0n) is 8.86. The molecular formula is C11H12O4S. The Balaban J connectivity index is 2.31. The molecule has 1 heterocycles. The van der Waals surface area contributed by atoms with E-state index in [1.165, 1.54) is 18.4 Å². The van der Waals surface area contributed by atoms with Crippen LogP contribution in [0.1, 0.15) is 34.5 Å². The largest absolute Gasteiger partial charge is 0.481 e. The van der Waals surface area contributed by atoms with Crippen LogP contribution >= 0.6 is 11.3 Å². The molecule has 4 nitrogen and oxygen atoms in total. The number of methoxy groups -OCH3 is 1. The summed E-state index contributed by atoms with van der Waals surface area (Å²) >= 11 is 1.32. The molecule has 1 aromatic rings. The molecule has 1 saturated carbocycles. The summed E-state index contributed by atoms with van der Waals surface area (Å²) in [6, 6.07) is 1.64. The van der Waals surface area contributed by atoms with Gasteiger partial charge in [-0.15, -0.1) is 11.3 Å². The standard InChI is InChI=1S/C11H12O4S/c1-15-9(12)7-5-8(16-6-7)11(10(13)14)3-2-4-11/h5-6H,2-4H2,1H3,(H,13,14). The van der Waals surface area contributed by atoms with E-state index < -0.39 is 17.4 Å². The van der Waals surface area contributed by atoms with Gasteiger partial charge in [0.2, 0.25) is 0 Å². The molecule has 1 aliphatic rings. The van der Waals surface area contributed by atoms with Gasteiger partial charge >= 0.3 is 11.9 Å². The zero-order chi connectivity index (χ0) is 11.8. The molecule has 5 heteroatoms. The van der Waals surface area contributed by atoms with Crippen molar-refractivity contribution in [3.8, 4) is 0 Å². The SMILES string of the molecule is COC(=O)c1csc(C2(C(=O)O)CCC2)c1. The smallest absolute Gasteiger partial charge is 0.338 e. The lowest BCUT2D eigenvalue weighted by atomic mass is 9.68. The van der Waals surface area contributed by atoms with Gasteiger partial charge in [0, 0.05) is 10.3 Å². The third-order valence-electron chi connectivity index (χ3n) is 3.11. The lowest BCUT2D eigenvalue weighted by Crippen LogP contribution is -2.41. The lowest BCUT2D eigenvalue weighted by molar-refractivity contribution is -0.147. The van der Waals surface area contributed by atoms with Crippen LogP contribution in [-0.2, 0) is 14.9 Å². The monoisotopic (exact) mass is 240 g/mol. The summed E-state index contributed by atoms with van der Waals surface area (Å²) in [5.74, 6) is -1.21. The Labute approximate surface area is 96.9 Å². The lowest BCUT2D eigenvalue weighted by Gasteiger charge is -2.36. The van der Waals surface area contributed by atoms with Crippen LogP contribution in [0.5, 0.6) is 0 Å². The Morgan fingerprint density at radius 2 is 2.19 bits per heavy atom. The third-order valence-corrected chi connectivity index (χ3v) is 4.24. The maximum Gasteiger partial charge on any atom is 0.338 e. The van der Waals surface area contributed by atoms with E-state index in [-0.39, 0.29) is 0 Å².